The highest BCUT2D eigenvalue weighted by Crippen LogP contribution is 2.18. The van der Waals surface area contributed by atoms with Gasteiger partial charge in [0.15, 0.2) is 0 Å². The lowest BCUT2D eigenvalue weighted by molar-refractivity contribution is 0.0946. The van der Waals surface area contributed by atoms with Crippen LogP contribution in [0.15, 0.2) is 30.5 Å². The van der Waals surface area contributed by atoms with E-state index in [4.69, 9.17) is 0 Å². The standard InChI is InChI=1S/C15H17F2N5O/c1-22(2)8-7-18-14(23)13-5-6-19-15(21-13)20-12-4-3-10(16)9-11(12)17/h3-6,9H,7-8H2,1-2H3,(H,18,23)(H,19,20,21). The number of aromatic nitrogens is 2. The van der Waals surface area contributed by atoms with Crippen LogP contribution in [0.3, 0.4) is 0 Å². The smallest absolute Gasteiger partial charge is 0.270 e. The molecule has 0 aliphatic heterocycles. The van der Waals surface area contributed by atoms with Gasteiger partial charge < -0.3 is 15.5 Å². The summed E-state index contributed by atoms with van der Waals surface area (Å²) in [5.74, 6) is -1.75. The average molecular weight is 321 g/mol. The van der Waals surface area contributed by atoms with Crippen molar-refractivity contribution in [3.8, 4) is 0 Å². The minimum Gasteiger partial charge on any atom is -0.349 e. The van der Waals surface area contributed by atoms with Crippen LogP contribution < -0.4 is 10.6 Å². The van der Waals surface area contributed by atoms with Crippen molar-refractivity contribution in [2.75, 3.05) is 32.5 Å². The summed E-state index contributed by atoms with van der Waals surface area (Å²) in [7, 11) is 3.80. The number of amides is 1. The summed E-state index contributed by atoms with van der Waals surface area (Å²) >= 11 is 0. The molecule has 2 aromatic rings. The Morgan fingerprint density at radius 1 is 1.26 bits per heavy atom. The van der Waals surface area contributed by atoms with Gasteiger partial charge in [0.05, 0.1) is 5.69 Å². The third-order valence-corrected chi connectivity index (χ3v) is 2.91. The van der Waals surface area contributed by atoms with Gasteiger partial charge in [-0.15, -0.1) is 0 Å². The lowest BCUT2D eigenvalue weighted by Crippen LogP contribution is -2.31. The molecule has 2 N–H and O–H groups in total. The highest BCUT2D eigenvalue weighted by Gasteiger charge is 2.10. The highest BCUT2D eigenvalue weighted by atomic mass is 19.1. The van der Waals surface area contributed by atoms with Crippen molar-refractivity contribution >= 4 is 17.5 Å². The molecule has 0 radical (unpaired) electrons. The molecule has 0 spiro atoms. The number of carbonyl (C=O) groups is 1. The predicted octanol–water partition coefficient (Wildman–Crippen LogP) is 1.79. The molecule has 1 amide bonds. The normalized spacial score (nSPS) is 10.7. The van der Waals surface area contributed by atoms with E-state index in [1.807, 2.05) is 19.0 Å². The SMILES string of the molecule is CN(C)CCNC(=O)c1ccnc(Nc2ccc(F)cc2F)n1. The molecule has 0 saturated carbocycles. The first-order chi connectivity index (χ1) is 11.0. The van der Waals surface area contributed by atoms with Crippen molar-refractivity contribution in [2.24, 2.45) is 0 Å². The van der Waals surface area contributed by atoms with Gasteiger partial charge in [-0.1, -0.05) is 0 Å². The average Bonchev–Trinajstić information content (AvgIpc) is 2.50. The van der Waals surface area contributed by atoms with Gasteiger partial charge in [0, 0.05) is 25.4 Å². The van der Waals surface area contributed by atoms with E-state index >= 15 is 0 Å². The van der Waals surface area contributed by atoms with E-state index in [9.17, 15) is 13.6 Å². The number of carbonyl (C=O) groups excluding carboxylic acids is 1. The Hall–Kier alpha value is -2.61. The second kappa shape index (κ2) is 7.59. The van der Waals surface area contributed by atoms with Crippen LogP contribution in [0.2, 0.25) is 0 Å². The van der Waals surface area contributed by atoms with Gasteiger partial charge in [-0.25, -0.2) is 18.7 Å². The number of hydrogen-bond donors (Lipinski definition) is 2. The highest BCUT2D eigenvalue weighted by molar-refractivity contribution is 5.92. The van der Waals surface area contributed by atoms with E-state index in [0.717, 1.165) is 12.1 Å². The zero-order valence-corrected chi connectivity index (χ0v) is 12.8. The molecule has 1 heterocycles. The summed E-state index contributed by atoms with van der Waals surface area (Å²) in [5, 5.41) is 5.33. The van der Waals surface area contributed by atoms with Crippen LogP contribution in [0.25, 0.3) is 0 Å². The summed E-state index contributed by atoms with van der Waals surface area (Å²) < 4.78 is 26.5. The van der Waals surface area contributed by atoms with Crippen molar-refractivity contribution in [3.63, 3.8) is 0 Å². The summed E-state index contributed by atoms with van der Waals surface area (Å²) in [6.07, 6.45) is 1.39. The van der Waals surface area contributed by atoms with Gasteiger partial charge in [-0.2, -0.15) is 0 Å². The van der Waals surface area contributed by atoms with E-state index in [1.54, 1.807) is 0 Å². The molecule has 0 atom stereocenters. The van der Waals surface area contributed by atoms with E-state index in [-0.39, 0.29) is 23.2 Å². The number of nitrogens with zero attached hydrogens (tertiary/aromatic N) is 3. The van der Waals surface area contributed by atoms with Gasteiger partial charge in [-0.3, -0.25) is 4.79 Å². The molecule has 0 bridgehead atoms. The number of benzene rings is 1. The number of halogens is 2. The van der Waals surface area contributed by atoms with Crippen molar-refractivity contribution in [1.29, 1.82) is 0 Å². The lowest BCUT2D eigenvalue weighted by atomic mass is 10.3. The van der Waals surface area contributed by atoms with Crippen molar-refractivity contribution in [3.05, 3.63) is 47.8 Å². The van der Waals surface area contributed by atoms with Gasteiger partial charge >= 0.3 is 0 Å². The zero-order chi connectivity index (χ0) is 16.8. The number of hydrogen-bond acceptors (Lipinski definition) is 5. The largest absolute Gasteiger partial charge is 0.349 e. The maximum absolute atomic E-state index is 13.6. The fraction of sp³-hybridized carbons (Fsp3) is 0.267. The van der Waals surface area contributed by atoms with Gasteiger partial charge in [0.25, 0.3) is 5.91 Å². The molecule has 1 aromatic heterocycles. The molecule has 0 aliphatic carbocycles. The van der Waals surface area contributed by atoms with Crippen molar-refractivity contribution in [2.45, 2.75) is 0 Å². The topological polar surface area (TPSA) is 70.2 Å². The quantitative estimate of drug-likeness (QED) is 0.849. The maximum atomic E-state index is 13.6. The Morgan fingerprint density at radius 2 is 2.04 bits per heavy atom. The predicted molar refractivity (Wildman–Crippen MR) is 82.6 cm³/mol. The number of rotatable bonds is 6. The molecule has 1 aromatic carbocycles. The Bertz CT molecular complexity index is 693. The third kappa shape index (κ3) is 4.96. The van der Waals surface area contributed by atoms with Crippen LogP contribution in [0.5, 0.6) is 0 Å². The van der Waals surface area contributed by atoms with Gasteiger partial charge in [0.1, 0.15) is 17.3 Å². The van der Waals surface area contributed by atoms with Gasteiger partial charge in [0.2, 0.25) is 5.95 Å². The Morgan fingerprint density at radius 3 is 2.74 bits per heavy atom. The van der Waals surface area contributed by atoms with Crippen LogP contribution in [0.1, 0.15) is 10.5 Å². The summed E-state index contributed by atoms with van der Waals surface area (Å²) in [6.45, 7) is 1.17. The van der Waals surface area contributed by atoms with Crippen LogP contribution in [-0.2, 0) is 0 Å². The van der Waals surface area contributed by atoms with Gasteiger partial charge in [-0.05, 0) is 32.3 Å². The van der Waals surface area contributed by atoms with Crippen molar-refractivity contribution in [1.82, 2.24) is 20.2 Å². The van der Waals surface area contributed by atoms with Crippen LogP contribution >= 0.6 is 0 Å². The molecule has 23 heavy (non-hydrogen) atoms. The minimum absolute atomic E-state index is 0.0246. The first-order valence-electron chi connectivity index (χ1n) is 6.94. The molecule has 0 unspecified atom stereocenters. The Labute approximate surface area is 132 Å². The summed E-state index contributed by atoms with van der Waals surface area (Å²) in [5.41, 5.74) is 0.181. The number of nitrogens with one attached hydrogen (secondary N) is 2. The lowest BCUT2D eigenvalue weighted by Gasteiger charge is -2.10. The molecular formula is C15H17F2N5O. The molecule has 0 fully saturated rings. The maximum Gasteiger partial charge on any atom is 0.270 e. The van der Waals surface area contributed by atoms with E-state index < -0.39 is 11.6 Å². The zero-order valence-electron chi connectivity index (χ0n) is 12.8. The second-order valence-electron chi connectivity index (χ2n) is 5.07. The second-order valence-corrected chi connectivity index (χ2v) is 5.07. The molecular weight excluding hydrogens is 304 g/mol. The molecule has 6 nitrogen and oxygen atoms in total. The summed E-state index contributed by atoms with van der Waals surface area (Å²) in [6, 6.07) is 4.55. The fourth-order valence-electron chi connectivity index (χ4n) is 1.74. The van der Waals surface area contributed by atoms with Crippen LogP contribution in [-0.4, -0.2) is 48.0 Å². The molecule has 0 saturated heterocycles. The first kappa shape index (κ1) is 16.8. The third-order valence-electron chi connectivity index (χ3n) is 2.91. The summed E-state index contributed by atoms with van der Waals surface area (Å²) in [4.78, 5) is 21.8. The minimum atomic E-state index is -0.769. The molecule has 2 rings (SSSR count). The van der Waals surface area contributed by atoms with E-state index in [0.29, 0.717) is 13.1 Å². The number of anilines is 2. The van der Waals surface area contributed by atoms with E-state index in [1.165, 1.54) is 18.3 Å². The van der Waals surface area contributed by atoms with Crippen molar-refractivity contribution < 1.29 is 13.6 Å². The Balaban J connectivity index is 2.06. The Kier molecular flexibility index (Phi) is 5.53. The molecule has 8 heteroatoms. The van der Waals surface area contributed by atoms with Crippen LogP contribution in [0.4, 0.5) is 20.4 Å². The first-order valence-corrected chi connectivity index (χ1v) is 6.94. The van der Waals surface area contributed by atoms with Crippen LogP contribution in [0, 0.1) is 11.6 Å². The molecule has 0 aliphatic rings. The molecule has 122 valence electrons. The number of likely N-dealkylation sites (N-methyl/N-ethyl adjacent to an activating group) is 1. The monoisotopic (exact) mass is 321 g/mol. The fourth-order valence-corrected chi connectivity index (χ4v) is 1.74. The van der Waals surface area contributed by atoms with E-state index in [2.05, 4.69) is 20.6 Å².